The molecule has 3 N–H and O–H groups in total. The molecule has 2 aromatic carbocycles. The maximum Gasteiger partial charge on any atom is 0.145 e. The number of H-pyrrole nitrogens is 1. The van der Waals surface area contributed by atoms with Gasteiger partial charge in [0.2, 0.25) is 0 Å². The summed E-state index contributed by atoms with van der Waals surface area (Å²) in [5, 5.41) is 18.8. The maximum absolute atomic E-state index is 13.3. The number of hydrogen-bond donors (Lipinski definition) is 3. The van der Waals surface area contributed by atoms with Crippen LogP contribution in [0.3, 0.4) is 0 Å². The van der Waals surface area contributed by atoms with Crippen LogP contribution in [-0.2, 0) is 0 Å². The Morgan fingerprint density at radius 3 is 2.71 bits per heavy atom. The second-order valence-electron chi connectivity index (χ2n) is 5.84. The van der Waals surface area contributed by atoms with Crippen LogP contribution in [0.1, 0.15) is 11.4 Å². The maximum atomic E-state index is 13.3. The molecule has 0 amide bonds. The van der Waals surface area contributed by atoms with Gasteiger partial charge in [0.25, 0.3) is 0 Å². The second kappa shape index (κ2) is 5.19. The van der Waals surface area contributed by atoms with Gasteiger partial charge in [-0.15, -0.1) is 0 Å². The lowest BCUT2D eigenvalue weighted by Crippen LogP contribution is -2.26. The van der Waals surface area contributed by atoms with Crippen molar-refractivity contribution in [3.05, 3.63) is 65.4 Å². The molecule has 0 spiro atoms. The molecule has 2 heterocycles. The monoisotopic (exact) mass is 322 g/mol. The minimum absolute atomic E-state index is 0.0695. The Hall–Kier alpha value is -3.15. The summed E-state index contributed by atoms with van der Waals surface area (Å²) in [6.07, 6.45) is 0. The van der Waals surface area contributed by atoms with Gasteiger partial charge in [0.05, 0.1) is 23.2 Å². The molecule has 0 atom stereocenters. The van der Waals surface area contributed by atoms with Crippen LogP contribution < -0.4 is 4.90 Å². The fourth-order valence-electron chi connectivity index (χ4n) is 2.87. The van der Waals surface area contributed by atoms with Gasteiger partial charge in [-0.1, -0.05) is 17.7 Å². The first kappa shape index (κ1) is 14.4. The smallest absolute Gasteiger partial charge is 0.145 e. The summed E-state index contributed by atoms with van der Waals surface area (Å²) in [6.45, 7) is 2.20. The first-order valence-corrected chi connectivity index (χ1v) is 7.54. The van der Waals surface area contributed by atoms with E-state index in [0.717, 1.165) is 11.3 Å². The Balaban J connectivity index is 1.73. The average molecular weight is 322 g/mol. The van der Waals surface area contributed by atoms with Crippen LogP contribution in [0.2, 0.25) is 0 Å². The number of rotatable bonds is 2. The van der Waals surface area contributed by atoms with E-state index in [-0.39, 0.29) is 24.0 Å². The number of halogens is 1. The molecule has 0 radical (unpaired) electrons. The molecule has 120 valence electrons. The van der Waals surface area contributed by atoms with Crippen LogP contribution in [0.15, 0.2) is 48.2 Å². The standard InChI is InChI=1S/C18H15FN4O/c1-10-2-5-12(6-3-10)23-9-15(24)16(17(23)20)18-21-13-7-4-11(19)8-14(13)22-18/h2-8,20,24H,9H2,1H3,(H,21,22). The van der Waals surface area contributed by atoms with E-state index in [1.165, 1.54) is 12.1 Å². The van der Waals surface area contributed by atoms with Gasteiger partial charge < -0.3 is 15.0 Å². The molecule has 3 aromatic rings. The van der Waals surface area contributed by atoms with Crippen LogP contribution in [-0.4, -0.2) is 27.5 Å². The zero-order chi connectivity index (χ0) is 16.8. The van der Waals surface area contributed by atoms with Gasteiger partial charge in [0.1, 0.15) is 23.2 Å². The number of imidazole rings is 1. The Bertz CT molecular complexity index is 988. The Kier molecular flexibility index (Phi) is 3.13. The van der Waals surface area contributed by atoms with Crippen LogP contribution in [0, 0.1) is 18.2 Å². The Morgan fingerprint density at radius 1 is 1.21 bits per heavy atom. The van der Waals surface area contributed by atoms with E-state index >= 15 is 0 Å². The number of nitrogens with zero attached hydrogens (tertiary/aromatic N) is 2. The van der Waals surface area contributed by atoms with Crippen LogP contribution in [0.4, 0.5) is 10.1 Å². The van der Waals surface area contributed by atoms with Crippen molar-refractivity contribution in [3.63, 3.8) is 0 Å². The molecule has 6 heteroatoms. The molecule has 0 saturated heterocycles. The van der Waals surface area contributed by atoms with Gasteiger partial charge >= 0.3 is 0 Å². The number of hydrogen-bond acceptors (Lipinski definition) is 3. The minimum atomic E-state index is -0.362. The Morgan fingerprint density at radius 2 is 1.96 bits per heavy atom. The molecule has 5 nitrogen and oxygen atoms in total. The molecular weight excluding hydrogens is 307 g/mol. The predicted octanol–water partition coefficient (Wildman–Crippen LogP) is 3.78. The minimum Gasteiger partial charge on any atom is -0.509 e. The number of aryl methyl sites for hydroxylation is 1. The normalized spacial score (nSPS) is 14.9. The number of aromatic nitrogens is 2. The van der Waals surface area contributed by atoms with Crippen molar-refractivity contribution in [2.24, 2.45) is 0 Å². The van der Waals surface area contributed by atoms with Gasteiger partial charge in [0.15, 0.2) is 0 Å². The van der Waals surface area contributed by atoms with Crippen LogP contribution in [0.5, 0.6) is 0 Å². The Labute approximate surface area is 137 Å². The van der Waals surface area contributed by atoms with E-state index in [2.05, 4.69) is 9.97 Å². The molecule has 0 saturated carbocycles. The first-order valence-electron chi connectivity index (χ1n) is 7.54. The highest BCUT2D eigenvalue weighted by Crippen LogP contribution is 2.30. The fourth-order valence-corrected chi connectivity index (χ4v) is 2.87. The van der Waals surface area contributed by atoms with Crippen molar-refractivity contribution >= 4 is 28.1 Å². The zero-order valence-corrected chi connectivity index (χ0v) is 13.0. The summed E-state index contributed by atoms with van der Waals surface area (Å²) in [4.78, 5) is 9.06. The average Bonchev–Trinajstić information content (AvgIpc) is 3.08. The number of aromatic amines is 1. The van der Waals surface area contributed by atoms with E-state index in [9.17, 15) is 9.50 Å². The molecule has 0 aliphatic carbocycles. The summed E-state index contributed by atoms with van der Waals surface area (Å²) in [6, 6.07) is 12.0. The van der Waals surface area contributed by atoms with Crippen molar-refractivity contribution in [1.82, 2.24) is 9.97 Å². The number of nitrogens with one attached hydrogen (secondary N) is 2. The number of aliphatic hydroxyl groups excluding tert-OH is 1. The highest BCUT2D eigenvalue weighted by Gasteiger charge is 2.31. The third-order valence-electron chi connectivity index (χ3n) is 4.13. The van der Waals surface area contributed by atoms with Crippen molar-refractivity contribution in [1.29, 1.82) is 5.41 Å². The summed E-state index contributed by atoms with van der Waals surface area (Å²) in [5.74, 6) is 0.238. The zero-order valence-electron chi connectivity index (χ0n) is 13.0. The molecule has 4 rings (SSSR count). The number of benzene rings is 2. The predicted molar refractivity (Wildman–Crippen MR) is 91.9 cm³/mol. The first-order chi connectivity index (χ1) is 11.5. The van der Waals surface area contributed by atoms with E-state index in [1.54, 1.807) is 11.0 Å². The lowest BCUT2D eigenvalue weighted by Gasteiger charge is -2.18. The molecule has 1 aliphatic rings. The number of amidine groups is 1. The van der Waals surface area contributed by atoms with E-state index in [0.29, 0.717) is 22.4 Å². The summed E-state index contributed by atoms with van der Waals surface area (Å²) in [7, 11) is 0. The van der Waals surface area contributed by atoms with Crippen molar-refractivity contribution in [2.75, 3.05) is 11.4 Å². The highest BCUT2D eigenvalue weighted by molar-refractivity contribution is 6.30. The lowest BCUT2D eigenvalue weighted by molar-refractivity contribution is 0.411. The molecule has 1 aromatic heterocycles. The molecule has 24 heavy (non-hydrogen) atoms. The summed E-state index contributed by atoms with van der Waals surface area (Å²) >= 11 is 0. The number of fused-ring (bicyclic) bond motifs is 1. The van der Waals surface area contributed by atoms with Gasteiger partial charge in [-0.05, 0) is 37.3 Å². The third kappa shape index (κ3) is 2.23. The quantitative estimate of drug-likeness (QED) is 0.672. The van der Waals surface area contributed by atoms with Gasteiger partial charge in [0, 0.05) is 5.69 Å². The topological polar surface area (TPSA) is 76.0 Å². The van der Waals surface area contributed by atoms with Crippen LogP contribution in [0.25, 0.3) is 16.6 Å². The fraction of sp³-hybridized carbons (Fsp3) is 0.111. The van der Waals surface area contributed by atoms with Crippen molar-refractivity contribution < 1.29 is 9.50 Å². The largest absolute Gasteiger partial charge is 0.509 e. The number of aliphatic hydroxyl groups is 1. The summed E-state index contributed by atoms with van der Waals surface area (Å²) < 4.78 is 13.3. The lowest BCUT2D eigenvalue weighted by atomic mass is 10.2. The SMILES string of the molecule is Cc1ccc(N2CC(O)=C(c3nc4ccc(F)cc4[nH]3)C2=N)cc1. The molecule has 1 aliphatic heterocycles. The number of anilines is 1. The molecule has 0 bridgehead atoms. The van der Waals surface area contributed by atoms with E-state index < -0.39 is 0 Å². The van der Waals surface area contributed by atoms with E-state index in [4.69, 9.17) is 5.41 Å². The third-order valence-corrected chi connectivity index (χ3v) is 4.13. The van der Waals surface area contributed by atoms with Crippen molar-refractivity contribution in [3.8, 4) is 0 Å². The summed E-state index contributed by atoms with van der Waals surface area (Å²) in [5.41, 5.74) is 3.42. The van der Waals surface area contributed by atoms with Crippen LogP contribution >= 0.6 is 0 Å². The van der Waals surface area contributed by atoms with Gasteiger partial charge in [-0.25, -0.2) is 9.37 Å². The highest BCUT2D eigenvalue weighted by atomic mass is 19.1. The second-order valence-corrected chi connectivity index (χ2v) is 5.84. The van der Waals surface area contributed by atoms with Crippen molar-refractivity contribution in [2.45, 2.75) is 6.92 Å². The molecular formula is C18H15FN4O. The van der Waals surface area contributed by atoms with E-state index in [1.807, 2.05) is 31.2 Å². The van der Waals surface area contributed by atoms with Gasteiger partial charge in [-0.2, -0.15) is 0 Å². The molecule has 0 unspecified atom stereocenters. The molecule has 0 fully saturated rings. The van der Waals surface area contributed by atoms with Gasteiger partial charge in [-0.3, -0.25) is 5.41 Å².